The van der Waals surface area contributed by atoms with E-state index in [1.54, 1.807) is 7.11 Å². The molecule has 1 saturated heterocycles. The first-order chi connectivity index (χ1) is 8.83. The molecule has 0 aliphatic carbocycles. The molecule has 100 valence electrons. The van der Waals surface area contributed by atoms with E-state index in [4.69, 9.17) is 4.74 Å². The molecule has 1 aromatic carbocycles. The van der Waals surface area contributed by atoms with Crippen LogP contribution in [0.5, 0.6) is 0 Å². The van der Waals surface area contributed by atoms with Crippen molar-refractivity contribution in [3.63, 3.8) is 0 Å². The number of methoxy groups -OCH3 is 1. The lowest BCUT2D eigenvalue weighted by Gasteiger charge is -2.24. The number of rotatable bonds is 6. The molecule has 0 saturated carbocycles. The van der Waals surface area contributed by atoms with Crippen molar-refractivity contribution in [1.82, 2.24) is 10.2 Å². The molecule has 1 fully saturated rings. The van der Waals surface area contributed by atoms with Crippen LogP contribution in [0.4, 0.5) is 0 Å². The van der Waals surface area contributed by atoms with E-state index < -0.39 is 0 Å². The number of likely N-dealkylation sites (N-methyl/N-ethyl adjacent to an activating group) is 1. The van der Waals surface area contributed by atoms with E-state index in [0.717, 1.165) is 13.1 Å². The van der Waals surface area contributed by atoms with Crippen molar-refractivity contribution in [2.45, 2.75) is 32.0 Å². The number of benzene rings is 1. The minimum absolute atomic E-state index is 0.695. The third kappa shape index (κ3) is 3.55. The van der Waals surface area contributed by atoms with Crippen LogP contribution in [0.25, 0.3) is 0 Å². The fourth-order valence-corrected chi connectivity index (χ4v) is 2.79. The van der Waals surface area contributed by atoms with Crippen molar-refractivity contribution in [1.29, 1.82) is 0 Å². The predicted molar refractivity (Wildman–Crippen MR) is 74.5 cm³/mol. The van der Waals surface area contributed by atoms with Crippen LogP contribution in [0.3, 0.4) is 0 Å². The highest BCUT2D eigenvalue weighted by atomic mass is 16.5. The summed E-state index contributed by atoms with van der Waals surface area (Å²) in [6.45, 7) is 4.08. The summed E-state index contributed by atoms with van der Waals surface area (Å²) in [7, 11) is 3.78. The zero-order valence-electron chi connectivity index (χ0n) is 11.5. The summed E-state index contributed by atoms with van der Waals surface area (Å²) < 4.78 is 5.19. The largest absolute Gasteiger partial charge is 0.380 e. The van der Waals surface area contributed by atoms with Gasteiger partial charge in [-0.15, -0.1) is 0 Å². The lowest BCUT2D eigenvalue weighted by molar-refractivity contribution is 0.184. The summed E-state index contributed by atoms with van der Waals surface area (Å²) >= 11 is 0. The van der Waals surface area contributed by atoms with Crippen LogP contribution in [0.1, 0.15) is 24.0 Å². The summed E-state index contributed by atoms with van der Waals surface area (Å²) in [5.74, 6) is 0. The van der Waals surface area contributed by atoms with Crippen LogP contribution in [0.2, 0.25) is 0 Å². The first kappa shape index (κ1) is 13.5. The Morgan fingerprint density at radius 2 is 2.22 bits per heavy atom. The number of nitrogens with zero attached hydrogens (tertiary/aromatic N) is 1. The van der Waals surface area contributed by atoms with Gasteiger partial charge in [0.25, 0.3) is 0 Å². The molecular formula is C15H24N2O. The third-order valence-corrected chi connectivity index (χ3v) is 3.63. The monoisotopic (exact) mass is 248 g/mol. The minimum Gasteiger partial charge on any atom is -0.380 e. The molecule has 0 aromatic heterocycles. The van der Waals surface area contributed by atoms with E-state index in [1.165, 1.54) is 30.5 Å². The molecule has 1 heterocycles. The Labute approximate surface area is 110 Å². The van der Waals surface area contributed by atoms with E-state index in [-0.39, 0.29) is 0 Å². The lowest BCUT2D eigenvalue weighted by Crippen LogP contribution is -2.36. The summed E-state index contributed by atoms with van der Waals surface area (Å²) in [6.07, 6.45) is 2.64. The van der Waals surface area contributed by atoms with Gasteiger partial charge in [0.05, 0.1) is 6.61 Å². The number of hydrogen-bond donors (Lipinski definition) is 1. The van der Waals surface area contributed by atoms with Gasteiger partial charge < -0.3 is 10.1 Å². The van der Waals surface area contributed by atoms with Crippen LogP contribution >= 0.6 is 0 Å². The molecule has 1 atom stereocenters. The molecule has 1 aliphatic rings. The summed E-state index contributed by atoms with van der Waals surface area (Å²) in [6, 6.07) is 9.43. The zero-order chi connectivity index (χ0) is 12.8. The molecule has 1 unspecified atom stereocenters. The molecule has 3 heteroatoms. The van der Waals surface area contributed by atoms with Gasteiger partial charge in [-0.05, 0) is 37.6 Å². The molecule has 0 radical (unpaired) electrons. The fraction of sp³-hybridized carbons (Fsp3) is 0.600. The molecule has 18 heavy (non-hydrogen) atoms. The molecule has 0 spiro atoms. The van der Waals surface area contributed by atoms with Crippen LogP contribution in [-0.4, -0.2) is 38.2 Å². The Morgan fingerprint density at radius 1 is 1.39 bits per heavy atom. The number of likely N-dealkylation sites (tertiary alicyclic amines) is 1. The van der Waals surface area contributed by atoms with Crippen LogP contribution in [0, 0.1) is 0 Å². The van der Waals surface area contributed by atoms with Gasteiger partial charge in [0.2, 0.25) is 0 Å². The van der Waals surface area contributed by atoms with E-state index in [1.807, 2.05) is 7.05 Å². The molecule has 0 bridgehead atoms. The van der Waals surface area contributed by atoms with Gasteiger partial charge in [0.1, 0.15) is 0 Å². The van der Waals surface area contributed by atoms with Gasteiger partial charge in [-0.1, -0.05) is 24.3 Å². The highest BCUT2D eigenvalue weighted by Crippen LogP contribution is 2.20. The third-order valence-electron chi connectivity index (χ3n) is 3.63. The Bertz CT molecular complexity index is 367. The van der Waals surface area contributed by atoms with Crippen molar-refractivity contribution in [2.75, 3.05) is 27.2 Å². The van der Waals surface area contributed by atoms with Gasteiger partial charge in [0.15, 0.2) is 0 Å². The maximum Gasteiger partial charge on any atom is 0.0713 e. The van der Waals surface area contributed by atoms with Crippen molar-refractivity contribution >= 4 is 0 Å². The smallest absolute Gasteiger partial charge is 0.0713 e. The summed E-state index contributed by atoms with van der Waals surface area (Å²) in [5, 5.41) is 3.30. The first-order valence-electron chi connectivity index (χ1n) is 6.79. The normalized spacial score (nSPS) is 20.4. The van der Waals surface area contributed by atoms with Crippen LogP contribution < -0.4 is 5.32 Å². The number of hydrogen-bond acceptors (Lipinski definition) is 3. The molecule has 1 N–H and O–H groups in total. The Morgan fingerprint density at radius 3 is 3.00 bits per heavy atom. The van der Waals surface area contributed by atoms with E-state index in [0.29, 0.717) is 12.6 Å². The van der Waals surface area contributed by atoms with Crippen molar-refractivity contribution in [2.24, 2.45) is 0 Å². The second-order valence-electron chi connectivity index (χ2n) is 5.08. The number of nitrogens with one attached hydrogen (secondary N) is 1. The van der Waals surface area contributed by atoms with Gasteiger partial charge in [0, 0.05) is 26.2 Å². The highest BCUT2D eigenvalue weighted by Gasteiger charge is 2.23. The van der Waals surface area contributed by atoms with Crippen molar-refractivity contribution in [3.8, 4) is 0 Å². The highest BCUT2D eigenvalue weighted by molar-refractivity contribution is 5.23. The zero-order valence-corrected chi connectivity index (χ0v) is 11.5. The van der Waals surface area contributed by atoms with Gasteiger partial charge in [-0.2, -0.15) is 0 Å². The molecule has 0 amide bonds. The van der Waals surface area contributed by atoms with Crippen LogP contribution in [0.15, 0.2) is 24.3 Å². The van der Waals surface area contributed by atoms with Crippen molar-refractivity contribution < 1.29 is 4.74 Å². The average molecular weight is 248 g/mol. The summed E-state index contributed by atoms with van der Waals surface area (Å²) in [5.41, 5.74) is 2.66. The Hall–Kier alpha value is -0.900. The molecule has 1 aromatic rings. The Kier molecular flexibility index (Phi) is 5.17. The lowest BCUT2D eigenvalue weighted by atomic mass is 10.1. The van der Waals surface area contributed by atoms with E-state index >= 15 is 0 Å². The average Bonchev–Trinajstić information content (AvgIpc) is 2.78. The van der Waals surface area contributed by atoms with E-state index in [9.17, 15) is 0 Å². The van der Waals surface area contributed by atoms with Gasteiger partial charge in [-0.3, -0.25) is 4.90 Å². The maximum atomic E-state index is 5.19. The molecular weight excluding hydrogens is 224 g/mol. The second-order valence-corrected chi connectivity index (χ2v) is 5.08. The molecule has 3 nitrogen and oxygen atoms in total. The first-order valence-corrected chi connectivity index (χ1v) is 6.79. The SMILES string of the molecule is CNCC1CCCN1Cc1cccc(COC)c1. The van der Waals surface area contributed by atoms with E-state index in [2.05, 4.69) is 34.5 Å². The predicted octanol–water partition coefficient (Wildman–Crippen LogP) is 2.02. The minimum atomic E-state index is 0.695. The maximum absolute atomic E-state index is 5.19. The molecule has 2 rings (SSSR count). The Balaban J connectivity index is 1.97. The second kappa shape index (κ2) is 6.88. The number of ether oxygens (including phenoxy) is 1. The standard InChI is InChI=1S/C15H24N2O/c1-16-10-15-7-4-8-17(15)11-13-5-3-6-14(9-13)12-18-2/h3,5-6,9,15-16H,4,7-8,10-12H2,1-2H3. The van der Waals surface area contributed by atoms with Crippen LogP contribution in [-0.2, 0) is 17.9 Å². The van der Waals surface area contributed by atoms with Crippen molar-refractivity contribution in [3.05, 3.63) is 35.4 Å². The summed E-state index contributed by atoms with van der Waals surface area (Å²) in [4.78, 5) is 2.59. The van der Waals surface area contributed by atoms with Gasteiger partial charge in [-0.25, -0.2) is 0 Å². The fourth-order valence-electron chi connectivity index (χ4n) is 2.79. The topological polar surface area (TPSA) is 24.5 Å². The molecule has 1 aliphatic heterocycles. The van der Waals surface area contributed by atoms with Gasteiger partial charge >= 0.3 is 0 Å². The quantitative estimate of drug-likeness (QED) is 0.833.